The van der Waals surface area contributed by atoms with E-state index in [2.05, 4.69) is 19.2 Å². The third kappa shape index (κ3) is 2.87. The van der Waals surface area contributed by atoms with Crippen LogP contribution in [0, 0.1) is 22.7 Å². The average Bonchev–Trinajstić information content (AvgIpc) is 3.15. The number of nitrogens with one attached hydrogen (secondary N) is 1. The lowest BCUT2D eigenvalue weighted by Crippen LogP contribution is -2.21. The first-order chi connectivity index (χ1) is 9.77. The summed E-state index contributed by atoms with van der Waals surface area (Å²) in [7, 11) is -3.44. The first-order valence-electron chi connectivity index (χ1n) is 7.06. The van der Waals surface area contributed by atoms with Crippen LogP contribution in [0.25, 0.3) is 0 Å². The molecular weight excluding hydrogens is 306 g/mol. The molecule has 116 valence electrons. The Kier molecular flexibility index (Phi) is 4.22. The lowest BCUT2D eigenvalue weighted by atomic mass is 9.92. The number of nitrogens with two attached hydrogens (primary N) is 1. The van der Waals surface area contributed by atoms with Crippen LogP contribution in [0.4, 0.5) is 10.7 Å². The lowest BCUT2D eigenvalue weighted by molar-refractivity contribution is 0.380. The molecule has 0 amide bonds. The predicted octanol–water partition coefficient (Wildman–Crippen LogP) is 2.84. The SMILES string of the molecule is CCS(=O)(=O)c1c(NCC2(C(C)C)CC2)sc(C#N)c1N. The second-order valence-corrected chi connectivity index (χ2v) is 9.12. The molecule has 0 saturated heterocycles. The minimum atomic E-state index is -3.44. The highest BCUT2D eigenvalue weighted by atomic mass is 32.2. The number of nitrogens with zero attached hydrogens (tertiary/aromatic N) is 1. The molecule has 1 fully saturated rings. The van der Waals surface area contributed by atoms with Crippen molar-refractivity contribution in [3.63, 3.8) is 0 Å². The third-order valence-corrected chi connectivity index (χ3v) is 7.41. The van der Waals surface area contributed by atoms with Crippen molar-refractivity contribution in [2.45, 2.75) is 38.5 Å². The van der Waals surface area contributed by atoms with E-state index in [0.29, 0.717) is 10.9 Å². The van der Waals surface area contributed by atoms with Gasteiger partial charge in [-0.15, -0.1) is 11.3 Å². The van der Waals surface area contributed by atoms with Gasteiger partial charge < -0.3 is 11.1 Å². The first kappa shape index (κ1) is 16.1. The molecule has 7 heteroatoms. The standard InChI is InChI=1S/C14H21N3O2S2/c1-4-21(18,19)12-11(16)10(7-15)20-13(12)17-8-14(5-6-14)9(2)3/h9,17H,4-6,8,16H2,1-3H3. The number of rotatable bonds is 6. The quantitative estimate of drug-likeness (QED) is 0.837. The minimum Gasteiger partial charge on any atom is -0.396 e. The molecule has 1 heterocycles. The fraction of sp³-hybridized carbons (Fsp3) is 0.643. The fourth-order valence-electron chi connectivity index (χ4n) is 2.46. The molecule has 3 N–H and O–H groups in total. The number of nitriles is 1. The van der Waals surface area contributed by atoms with E-state index in [-0.39, 0.29) is 26.6 Å². The van der Waals surface area contributed by atoms with E-state index in [0.717, 1.165) is 30.7 Å². The molecule has 0 radical (unpaired) electrons. The van der Waals surface area contributed by atoms with Crippen molar-refractivity contribution >= 4 is 31.9 Å². The molecule has 1 aromatic heterocycles. The Morgan fingerprint density at radius 2 is 2.10 bits per heavy atom. The van der Waals surface area contributed by atoms with E-state index in [1.807, 2.05) is 6.07 Å². The maximum absolute atomic E-state index is 12.2. The maximum atomic E-state index is 12.2. The molecule has 1 aliphatic carbocycles. The summed E-state index contributed by atoms with van der Waals surface area (Å²) >= 11 is 1.13. The van der Waals surface area contributed by atoms with E-state index >= 15 is 0 Å². The Balaban J connectivity index is 2.34. The fourth-order valence-corrected chi connectivity index (χ4v) is 4.92. The number of thiophene rings is 1. The van der Waals surface area contributed by atoms with Gasteiger partial charge in [-0.2, -0.15) is 5.26 Å². The molecule has 1 aliphatic rings. The maximum Gasteiger partial charge on any atom is 0.183 e. The van der Waals surface area contributed by atoms with Crippen LogP contribution in [0.5, 0.6) is 0 Å². The van der Waals surface area contributed by atoms with Gasteiger partial charge in [0.1, 0.15) is 20.8 Å². The van der Waals surface area contributed by atoms with Crippen molar-refractivity contribution in [1.82, 2.24) is 0 Å². The Morgan fingerprint density at radius 1 is 1.48 bits per heavy atom. The highest BCUT2D eigenvalue weighted by Gasteiger charge is 2.45. The molecular formula is C14H21N3O2S2. The third-order valence-electron chi connectivity index (χ3n) is 4.41. The molecule has 0 unspecified atom stereocenters. The second-order valence-electron chi connectivity index (χ2n) is 5.89. The lowest BCUT2D eigenvalue weighted by Gasteiger charge is -2.20. The van der Waals surface area contributed by atoms with E-state index in [1.165, 1.54) is 0 Å². The van der Waals surface area contributed by atoms with Crippen molar-refractivity contribution in [1.29, 1.82) is 5.26 Å². The molecule has 2 rings (SSSR count). The second kappa shape index (κ2) is 5.50. The molecule has 0 atom stereocenters. The van der Waals surface area contributed by atoms with Crippen LogP contribution in [0.2, 0.25) is 0 Å². The zero-order chi connectivity index (χ0) is 15.8. The van der Waals surface area contributed by atoms with Gasteiger partial charge in [-0.05, 0) is 24.2 Å². The van der Waals surface area contributed by atoms with Gasteiger partial charge in [0.15, 0.2) is 9.84 Å². The van der Waals surface area contributed by atoms with Crippen LogP contribution in [-0.4, -0.2) is 20.7 Å². The Morgan fingerprint density at radius 3 is 2.52 bits per heavy atom. The van der Waals surface area contributed by atoms with Crippen LogP contribution >= 0.6 is 11.3 Å². The zero-order valence-electron chi connectivity index (χ0n) is 12.6. The molecule has 21 heavy (non-hydrogen) atoms. The molecule has 0 aromatic carbocycles. The van der Waals surface area contributed by atoms with Crippen molar-refractivity contribution < 1.29 is 8.42 Å². The predicted molar refractivity (Wildman–Crippen MR) is 86.2 cm³/mol. The van der Waals surface area contributed by atoms with Crippen molar-refractivity contribution in [2.24, 2.45) is 11.3 Å². The minimum absolute atomic E-state index is 0.0250. The van der Waals surface area contributed by atoms with Crippen LogP contribution < -0.4 is 11.1 Å². The topological polar surface area (TPSA) is 96.0 Å². The zero-order valence-corrected chi connectivity index (χ0v) is 14.2. The van der Waals surface area contributed by atoms with Gasteiger partial charge in [0, 0.05) is 6.54 Å². The van der Waals surface area contributed by atoms with E-state index < -0.39 is 9.84 Å². The van der Waals surface area contributed by atoms with Crippen LogP contribution in [0.1, 0.15) is 38.5 Å². The molecule has 0 aliphatic heterocycles. The summed E-state index contributed by atoms with van der Waals surface area (Å²) in [6.07, 6.45) is 2.30. The van der Waals surface area contributed by atoms with Crippen molar-refractivity contribution in [3.05, 3.63) is 4.88 Å². The summed E-state index contributed by atoms with van der Waals surface area (Å²) in [4.78, 5) is 0.366. The van der Waals surface area contributed by atoms with Crippen LogP contribution in [0.3, 0.4) is 0 Å². The summed E-state index contributed by atoms with van der Waals surface area (Å²) in [6.45, 7) is 6.67. The van der Waals surface area contributed by atoms with E-state index in [1.54, 1.807) is 6.92 Å². The summed E-state index contributed by atoms with van der Waals surface area (Å²) in [6, 6.07) is 1.98. The van der Waals surface area contributed by atoms with Gasteiger partial charge in [0.25, 0.3) is 0 Å². The van der Waals surface area contributed by atoms with Gasteiger partial charge in [-0.1, -0.05) is 20.8 Å². The summed E-state index contributed by atoms with van der Waals surface area (Å²) < 4.78 is 24.4. The van der Waals surface area contributed by atoms with Crippen molar-refractivity contribution in [3.8, 4) is 6.07 Å². The van der Waals surface area contributed by atoms with Gasteiger partial charge in [0.05, 0.1) is 11.4 Å². The van der Waals surface area contributed by atoms with Crippen molar-refractivity contribution in [2.75, 3.05) is 23.3 Å². The Bertz CT molecular complexity index is 680. The van der Waals surface area contributed by atoms with Crippen LogP contribution in [-0.2, 0) is 9.84 Å². The summed E-state index contributed by atoms with van der Waals surface area (Å²) in [5.41, 5.74) is 6.19. The Hall–Kier alpha value is -1.26. The molecule has 1 saturated carbocycles. The van der Waals surface area contributed by atoms with Gasteiger partial charge in [-0.25, -0.2) is 8.42 Å². The molecule has 0 bridgehead atoms. The largest absolute Gasteiger partial charge is 0.396 e. The molecule has 5 nitrogen and oxygen atoms in total. The monoisotopic (exact) mass is 327 g/mol. The molecule has 0 spiro atoms. The Labute approximate surface area is 130 Å². The number of anilines is 2. The van der Waals surface area contributed by atoms with E-state index in [4.69, 9.17) is 11.0 Å². The number of nitrogen functional groups attached to an aromatic ring is 1. The average molecular weight is 327 g/mol. The van der Waals surface area contributed by atoms with Gasteiger partial charge in [-0.3, -0.25) is 0 Å². The normalized spacial score (nSPS) is 16.7. The van der Waals surface area contributed by atoms with Crippen LogP contribution in [0.15, 0.2) is 4.90 Å². The number of sulfone groups is 1. The highest BCUT2D eigenvalue weighted by Crippen LogP contribution is 2.52. The first-order valence-corrected chi connectivity index (χ1v) is 9.53. The highest BCUT2D eigenvalue weighted by molar-refractivity contribution is 7.91. The van der Waals surface area contributed by atoms with E-state index in [9.17, 15) is 8.42 Å². The molecule has 1 aromatic rings. The van der Waals surface area contributed by atoms with Gasteiger partial charge in [0.2, 0.25) is 0 Å². The summed E-state index contributed by atoms with van der Waals surface area (Å²) in [5.74, 6) is 0.520. The van der Waals surface area contributed by atoms with Gasteiger partial charge >= 0.3 is 0 Å². The number of hydrogen-bond acceptors (Lipinski definition) is 6. The summed E-state index contributed by atoms with van der Waals surface area (Å²) in [5, 5.41) is 12.8. The number of hydrogen-bond donors (Lipinski definition) is 2. The smallest absolute Gasteiger partial charge is 0.183 e.